The molecule has 0 aliphatic heterocycles. The summed E-state index contributed by atoms with van der Waals surface area (Å²) in [7, 11) is 2.96. The number of carbonyl (C=O) groups excluding carboxylic acids is 2. The van der Waals surface area contributed by atoms with Crippen LogP contribution < -0.4 is 14.8 Å². The van der Waals surface area contributed by atoms with E-state index in [1.807, 2.05) is 0 Å². The van der Waals surface area contributed by atoms with Gasteiger partial charge in [-0.15, -0.1) is 0 Å². The first-order valence-electron chi connectivity index (χ1n) is 7.12. The van der Waals surface area contributed by atoms with Gasteiger partial charge in [0.15, 0.2) is 6.61 Å². The average molecular weight is 366 g/mol. The van der Waals surface area contributed by atoms with Crippen molar-refractivity contribution in [1.82, 2.24) is 0 Å². The van der Waals surface area contributed by atoms with Crippen molar-refractivity contribution in [3.8, 4) is 17.2 Å². The molecule has 0 saturated carbocycles. The highest BCUT2D eigenvalue weighted by Crippen LogP contribution is 2.29. The second-order valence-electron chi connectivity index (χ2n) is 4.85. The van der Waals surface area contributed by atoms with E-state index in [0.29, 0.717) is 17.2 Å². The molecular formula is C17H16ClNO6. The van der Waals surface area contributed by atoms with E-state index in [9.17, 15) is 14.7 Å². The summed E-state index contributed by atoms with van der Waals surface area (Å²) in [4.78, 5) is 23.8. The Morgan fingerprint density at radius 1 is 1.12 bits per heavy atom. The van der Waals surface area contributed by atoms with Crippen LogP contribution in [0.1, 0.15) is 10.4 Å². The fourth-order valence-corrected chi connectivity index (χ4v) is 2.14. The van der Waals surface area contributed by atoms with Gasteiger partial charge in [-0.05, 0) is 30.3 Å². The molecule has 1 amide bonds. The van der Waals surface area contributed by atoms with Gasteiger partial charge in [0.2, 0.25) is 0 Å². The predicted molar refractivity (Wildman–Crippen MR) is 91.6 cm³/mol. The first-order chi connectivity index (χ1) is 11.9. The number of amides is 1. The van der Waals surface area contributed by atoms with E-state index in [1.165, 1.54) is 32.4 Å². The summed E-state index contributed by atoms with van der Waals surface area (Å²) in [5.41, 5.74) is 0.318. The number of halogens is 1. The summed E-state index contributed by atoms with van der Waals surface area (Å²) < 4.78 is 15.1. The van der Waals surface area contributed by atoms with Gasteiger partial charge in [-0.1, -0.05) is 11.6 Å². The molecule has 7 nitrogen and oxygen atoms in total. The molecule has 0 bridgehead atoms. The molecule has 8 heteroatoms. The maximum absolute atomic E-state index is 12.0. The van der Waals surface area contributed by atoms with E-state index in [4.69, 9.17) is 25.8 Å². The number of nitrogens with one attached hydrogen (secondary N) is 1. The molecule has 2 rings (SSSR count). The number of benzene rings is 2. The van der Waals surface area contributed by atoms with Crippen LogP contribution >= 0.6 is 11.6 Å². The lowest BCUT2D eigenvalue weighted by Crippen LogP contribution is -2.21. The van der Waals surface area contributed by atoms with Crippen molar-refractivity contribution < 1.29 is 28.9 Å². The summed E-state index contributed by atoms with van der Waals surface area (Å²) in [6.45, 7) is -0.532. The van der Waals surface area contributed by atoms with Gasteiger partial charge in [-0.25, -0.2) is 4.79 Å². The van der Waals surface area contributed by atoms with Gasteiger partial charge in [0, 0.05) is 11.1 Å². The lowest BCUT2D eigenvalue weighted by molar-refractivity contribution is -0.119. The van der Waals surface area contributed by atoms with Gasteiger partial charge < -0.3 is 24.6 Å². The fourth-order valence-electron chi connectivity index (χ4n) is 1.97. The molecule has 0 spiro atoms. The lowest BCUT2D eigenvalue weighted by atomic mass is 10.2. The first-order valence-corrected chi connectivity index (χ1v) is 7.50. The molecule has 0 heterocycles. The topological polar surface area (TPSA) is 94.1 Å². The Bertz CT molecular complexity index is 793. The summed E-state index contributed by atoms with van der Waals surface area (Å²) in [6.07, 6.45) is 0. The highest BCUT2D eigenvalue weighted by molar-refractivity contribution is 6.30. The van der Waals surface area contributed by atoms with Gasteiger partial charge in [-0.3, -0.25) is 4.79 Å². The van der Waals surface area contributed by atoms with E-state index in [1.54, 1.807) is 18.2 Å². The van der Waals surface area contributed by atoms with Crippen LogP contribution in [0.25, 0.3) is 0 Å². The molecule has 0 unspecified atom stereocenters. The maximum atomic E-state index is 12.0. The minimum absolute atomic E-state index is 0.0840. The van der Waals surface area contributed by atoms with Crippen LogP contribution in [0.15, 0.2) is 36.4 Å². The minimum atomic E-state index is -0.842. The van der Waals surface area contributed by atoms with Gasteiger partial charge in [0.1, 0.15) is 22.8 Å². The summed E-state index contributed by atoms with van der Waals surface area (Å²) >= 11 is 5.69. The third kappa shape index (κ3) is 4.77. The highest BCUT2D eigenvalue weighted by atomic mass is 35.5. The molecule has 0 fully saturated rings. The Morgan fingerprint density at radius 2 is 1.88 bits per heavy atom. The molecule has 0 aliphatic rings. The zero-order valence-electron chi connectivity index (χ0n) is 13.5. The van der Waals surface area contributed by atoms with Crippen molar-refractivity contribution >= 4 is 29.2 Å². The van der Waals surface area contributed by atoms with Gasteiger partial charge in [0.05, 0.1) is 19.9 Å². The number of carbonyl (C=O) groups is 2. The quantitative estimate of drug-likeness (QED) is 0.764. The maximum Gasteiger partial charge on any atom is 0.342 e. The fraction of sp³-hybridized carbons (Fsp3) is 0.176. The van der Waals surface area contributed by atoms with Crippen LogP contribution in [-0.2, 0) is 9.53 Å². The zero-order chi connectivity index (χ0) is 18.4. The van der Waals surface area contributed by atoms with E-state index >= 15 is 0 Å². The van der Waals surface area contributed by atoms with Crippen LogP contribution in [0.5, 0.6) is 17.2 Å². The zero-order valence-corrected chi connectivity index (χ0v) is 14.3. The molecule has 132 valence electrons. The highest BCUT2D eigenvalue weighted by Gasteiger charge is 2.15. The number of rotatable bonds is 6. The van der Waals surface area contributed by atoms with E-state index in [2.05, 4.69) is 5.32 Å². The van der Waals surface area contributed by atoms with Gasteiger partial charge in [0.25, 0.3) is 5.91 Å². The molecule has 2 N–H and O–H groups in total. The van der Waals surface area contributed by atoms with Crippen molar-refractivity contribution in [2.24, 2.45) is 0 Å². The van der Waals surface area contributed by atoms with Crippen LogP contribution in [0.2, 0.25) is 5.02 Å². The monoisotopic (exact) mass is 365 g/mol. The predicted octanol–water partition coefficient (Wildman–Crippen LogP) is 2.86. The minimum Gasteiger partial charge on any atom is -0.507 e. The van der Waals surface area contributed by atoms with Crippen molar-refractivity contribution in [3.05, 3.63) is 47.0 Å². The third-order valence-corrected chi connectivity index (χ3v) is 3.43. The molecule has 2 aromatic rings. The normalized spacial score (nSPS) is 10.0. The Morgan fingerprint density at radius 3 is 2.52 bits per heavy atom. The molecular weight excluding hydrogens is 350 g/mol. The van der Waals surface area contributed by atoms with E-state index < -0.39 is 18.5 Å². The van der Waals surface area contributed by atoms with Gasteiger partial charge in [-0.2, -0.15) is 0 Å². The SMILES string of the molecule is COc1ccc(NC(=O)COC(=O)c2ccc(Cl)cc2O)c(OC)c1. The summed E-state index contributed by atoms with van der Waals surface area (Å²) in [5.74, 6) is -0.764. The number of ether oxygens (including phenoxy) is 3. The van der Waals surface area contributed by atoms with Crippen LogP contribution in [0.3, 0.4) is 0 Å². The lowest BCUT2D eigenvalue weighted by Gasteiger charge is -2.12. The number of phenolic OH excluding ortho intramolecular Hbond substituents is 1. The summed E-state index contributed by atoms with van der Waals surface area (Å²) in [6, 6.07) is 8.80. The van der Waals surface area contributed by atoms with Crippen molar-refractivity contribution in [1.29, 1.82) is 0 Å². The second kappa shape index (κ2) is 8.25. The summed E-state index contributed by atoms with van der Waals surface area (Å²) in [5, 5.41) is 12.5. The number of esters is 1. The smallest absolute Gasteiger partial charge is 0.342 e. The number of hydrogen-bond acceptors (Lipinski definition) is 6. The molecule has 0 atom stereocenters. The largest absolute Gasteiger partial charge is 0.507 e. The number of hydrogen-bond donors (Lipinski definition) is 2. The Kier molecular flexibility index (Phi) is 6.08. The molecule has 0 radical (unpaired) electrons. The molecule has 0 aliphatic carbocycles. The molecule has 2 aromatic carbocycles. The Labute approximate surface area is 149 Å². The Balaban J connectivity index is 1.98. The van der Waals surface area contributed by atoms with Crippen molar-refractivity contribution in [2.45, 2.75) is 0 Å². The molecule has 0 aromatic heterocycles. The second-order valence-corrected chi connectivity index (χ2v) is 5.29. The van der Waals surface area contributed by atoms with Crippen LogP contribution in [0.4, 0.5) is 5.69 Å². The number of anilines is 1. The van der Waals surface area contributed by atoms with Crippen molar-refractivity contribution in [2.75, 3.05) is 26.1 Å². The first kappa shape index (κ1) is 18.4. The molecule has 25 heavy (non-hydrogen) atoms. The Hall–Kier alpha value is -2.93. The number of methoxy groups -OCH3 is 2. The average Bonchev–Trinajstić information content (AvgIpc) is 2.60. The van der Waals surface area contributed by atoms with Gasteiger partial charge >= 0.3 is 5.97 Å². The standard InChI is InChI=1S/C17H16ClNO6/c1-23-11-4-6-13(15(8-11)24-2)19-16(21)9-25-17(22)12-5-3-10(18)7-14(12)20/h3-8,20H,9H2,1-2H3,(H,19,21). The molecule has 0 saturated heterocycles. The number of phenols is 1. The van der Waals surface area contributed by atoms with Crippen LogP contribution in [-0.4, -0.2) is 37.8 Å². The number of aromatic hydroxyl groups is 1. The van der Waals surface area contributed by atoms with E-state index in [-0.39, 0.29) is 16.3 Å². The third-order valence-electron chi connectivity index (χ3n) is 3.20. The van der Waals surface area contributed by atoms with E-state index in [0.717, 1.165) is 0 Å². The van der Waals surface area contributed by atoms with Crippen molar-refractivity contribution in [3.63, 3.8) is 0 Å². The van der Waals surface area contributed by atoms with Crippen LogP contribution in [0, 0.1) is 0 Å².